The maximum absolute atomic E-state index is 13.0. The molecule has 0 aliphatic carbocycles. The molecule has 1 aliphatic rings. The molecule has 4 nitrogen and oxygen atoms in total. The smallest absolute Gasteiger partial charge is 0.196 e. The molecule has 1 aromatic heterocycles. The van der Waals surface area contributed by atoms with Crippen LogP contribution in [0.5, 0.6) is 0 Å². The van der Waals surface area contributed by atoms with Gasteiger partial charge in [0.25, 0.3) is 0 Å². The predicted octanol–water partition coefficient (Wildman–Crippen LogP) is 2.86. The van der Waals surface area contributed by atoms with Crippen LogP contribution in [-0.4, -0.2) is 17.5 Å². The Labute approximate surface area is 124 Å². The maximum atomic E-state index is 13.0. The Balaban J connectivity index is 1.96. The lowest BCUT2D eigenvalue weighted by molar-refractivity contribution is 0.627. The van der Waals surface area contributed by atoms with Gasteiger partial charge in [-0.3, -0.25) is 9.98 Å². The Hall–Kier alpha value is -1.95. The number of anilines is 1. The van der Waals surface area contributed by atoms with Gasteiger partial charge in [-0.1, -0.05) is 0 Å². The summed E-state index contributed by atoms with van der Waals surface area (Å²) in [6, 6.07) is 10.00. The first kappa shape index (κ1) is 13.1. The summed E-state index contributed by atoms with van der Waals surface area (Å²) in [5.41, 5.74) is 7.63. The van der Waals surface area contributed by atoms with Crippen molar-refractivity contribution in [3.63, 3.8) is 0 Å². The number of nitrogens with zero attached hydrogens (tertiary/aromatic N) is 3. The molecule has 0 amide bonds. The van der Waals surface area contributed by atoms with Gasteiger partial charge in [0.1, 0.15) is 5.82 Å². The molecule has 6 heteroatoms. The number of rotatable bonds is 2. The quantitative estimate of drug-likeness (QED) is 0.918. The number of pyridine rings is 1. The summed E-state index contributed by atoms with van der Waals surface area (Å²) < 4.78 is 14.0. The van der Waals surface area contributed by atoms with Crippen LogP contribution in [0, 0.1) is 5.82 Å². The Bertz CT molecular complexity index is 639. The van der Waals surface area contributed by atoms with Gasteiger partial charge >= 0.3 is 0 Å². The first-order valence-electron chi connectivity index (χ1n) is 6.11. The summed E-state index contributed by atoms with van der Waals surface area (Å²) >= 11 is 3.36. The van der Waals surface area contributed by atoms with Crippen LogP contribution in [0.1, 0.15) is 11.7 Å². The number of aliphatic imine (C=N–C) groups is 1. The third kappa shape index (κ3) is 2.38. The molecule has 2 N–H and O–H groups in total. The van der Waals surface area contributed by atoms with E-state index in [2.05, 4.69) is 25.9 Å². The number of benzene rings is 1. The molecule has 1 atom stereocenters. The number of guanidine groups is 1. The topological polar surface area (TPSA) is 54.5 Å². The summed E-state index contributed by atoms with van der Waals surface area (Å²) in [7, 11) is 0. The van der Waals surface area contributed by atoms with Crippen LogP contribution in [0.25, 0.3) is 0 Å². The Morgan fingerprint density at radius 1 is 1.20 bits per heavy atom. The molecule has 0 fully saturated rings. The molecular weight excluding hydrogens is 323 g/mol. The summed E-state index contributed by atoms with van der Waals surface area (Å²) in [6.45, 7) is 0.540. The molecule has 102 valence electrons. The summed E-state index contributed by atoms with van der Waals surface area (Å²) in [6.07, 6.45) is 1.74. The molecule has 2 heterocycles. The molecule has 0 bridgehead atoms. The van der Waals surface area contributed by atoms with E-state index in [1.54, 1.807) is 18.3 Å². The lowest BCUT2D eigenvalue weighted by atomic mass is 10.1. The minimum absolute atomic E-state index is 0.0615. The highest BCUT2D eigenvalue weighted by Gasteiger charge is 2.29. The van der Waals surface area contributed by atoms with Crippen LogP contribution in [0.3, 0.4) is 0 Å². The van der Waals surface area contributed by atoms with Crippen LogP contribution in [-0.2, 0) is 0 Å². The second kappa shape index (κ2) is 5.20. The predicted molar refractivity (Wildman–Crippen MR) is 80.0 cm³/mol. The van der Waals surface area contributed by atoms with Gasteiger partial charge in [-0.05, 0) is 52.3 Å². The fraction of sp³-hybridized carbons (Fsp3) is 0.143. The molecule has 1 aromatic carbocycles. The summed E-state index contributed by atoms with van der Waals surface area (Å²) in [5, 5.41) is 0. The van der Waals surface area contributed by atoms with E-state index in [-0.39, 0.29) is 11.9 Å². The molecule has 20 heavy (non-hydrogen) atoms. The monoisotopic (exact) mass is 334 g/mol. The SMILES string of the molecule is NC1=NCC(c2ccc(Br)cn2)N1c1ccc(F)cc1. The van der Waals surface area contributed by atoms with E-state index in [1.807, 2.05) is 17.0 Å². The minimum atomic E-state index is -0.276. The normalized spacial score (nSPS) is 18.2. The van der Waals surface area contributed by atoms with Crippen LogP contribution in [0.4, 0.5) is 10.1 Å². The molecule has 1 aliphatic heterocycles. The zero-order valence-corrected chi connectivity index (χ0v) is 12.1. The number of halogens is 2. The molecular formula is C14H12BrFN4. The third-order valence-electron chi connectivity index (χ3n) is 3.18. The maximum Gasteiger partial charge on any atom is 0.196 e. The molecule has 3 rings (SSSR count). The second-order valence-corrected chi connectivity index (χ2v) is 5.38. The number of nitrogens with two attached hydrogens (primary N) is 1. The molecule has 0 saturated heterocycles. The standard InChI is InChI=1S/C14H12BrFN4/c15-9-1-6-12(18-7-9)13-8-19-14(17)20(13)11-4-2-10(16)3-5-11/h1-7,13H,8H2,(H2,17,19). The van der Waals surface area contributed by atoms with Crippen molar-refractivity contribution >= 4 is 27.6 Å². The van der Waals surface area contributed by atoms with E-state index >= 15 is 0 Å². The summed E-state index contributed by atoms with van der Waals surface area (Å²) in [5.74, 6) is 0.146. The molecule has 2 aromatic rings. The van der Waals surface area contributed by atoms with Crippen LogP contribution in [0.15, 0.2) is 52.1 Å². The van der Waals surface area contributed by atoms with E-state index in [0.29, 0.717) is 12.5 Å². The molecule has 1 unspecified atom stereocenters. The van der Waals surface area contributed by atoms with Crippen molar-refractivity contribution in [2.45, 2.75) is 6.04 Å². The number of hydrogen-bond donors (Lipinski definition) is 1. The van der Waals surface area contributed by atoms with E-state index < -0.39 is 0 Å². The van der Waals surface area contributed by atoms with Crippen molar-refractivity contribution in [3.05, 3.63) is 58.6 Å². The van der Waals surface area contributed by atoms with Crippen LogP contribution < -0.4 is 10.6 Å². The zero-order valence-electron chi connectivity index (χ0n) is 10.5. The van der Waals surface area contributed by atoms with E-state index in [0.717, 1.165) is 15.9 Å². The zero-order chi connectivity index (χ0) is 14.1. The molecule has 0 spiro atoms. The average Bonchev–Trinajstić information content (AvgIpc) is 2.83. The van der Waals surface area contributed by atoms with Crippen molar-refractivity contribution in [1.82, 2.24) is 4.98 Å². The van der Waals surface area contributed by atoms with Crippen molar-refractivity contribution in [2.24, 2.45) is 10.7 Å². The Kier molecular flexibility index (Phi) is 3.40. The lowest BCUT2D eigenvalue weighted by Crippen LogP contribution is -2.36. The first-order chi connectivity index (χ1) is 9.65. The van der Waals surface area contributed by atoms with E-state index in [9.17, 15) is 4.39 Å². The van der Waals surface area contributed by atoms with Gasteiger partial charge in [-0.25, -0.2) is 4.39 Å². The second-order valence-electron chi connectivity index (χ2n) is 4.46. The van der Waals surface area contributed by atoms with Crippen molar-refractivity contribution in [1.29, 1.82) is 0 Å². The first-order valence-corrected chi connectivity index (χ1v) is 6.90. The van der Waals surface area contributed by atoms with Crippen molar-refractivity contribution in [3.8, 4) is 0 Å². The van der Waals surface area contributed by atoms with Crippen LogP contribution >= 0.6 is 15.9 Å². The highest BCUT2D eigenvalue weighted by molar-refractivity contribution is 9.10. The van der Waals surface area contributed by atoms with Crippen molar-refractivity contribution < 1.29 is 4.39 Å². The van der Waals surface area contributed by atoms with Gasteiger partial charge < -0.3 is 10.6 Å². The highest BCUT2D eigenvalue weighted by atomic mass is 79.9. The highest BCUT2D eigenvalue weighted by Crippen LogP contribution is 2.30. The van der Waals surface area contributed by atoms with E-state index in [1.165, 1.54) is 12.1 Å². The number of hydrogen-bond acceptors (Lipinski definition) is 4. The fourth-order valence-corrected chi connectivity index (χ4v) is 2.46. The van der Waals surface area contributed by atoms with Crippen LogP contribution in [0.2, 0.25) is 0 Å². The van der Waals surface area contributed by atoms with Gasteiger partial charge in [0, 0.05) is 16.4 Å². The Morgan fingerprint density at radius 2 is 1.95 bits per heavy atom. The van der Waals surface area contributed by atoms with Gasteiger partial charge in [0.15, 0.2) is 5.96 Å². The van der Waals surface area contributed by atoms with Gasteiger partial charge in [-0.2, -0.15) is 0 Å². The summed E-state index contributed by atoms with van der Waals surface area (Å²) in [4.78, 5) is 10.5. The molecule has 0 radical (unpaired) electrons. The molecule has 0 saturated carbocycles. The van der Waals surface area contributed by atoms with Gasteiger partial charge in [0.05, 0.1) is 18.3 Å². The average molecular weight is 335 g/mol. The van der Waals surface area contributed by atoms with Gasteiger partial charge in [0.2, 0.25) is 0 Å². The van der Waals surface area contributed by atoms with Gasteiger partial charge in [-0.15, -0.1) is 0 Å². The number of aromatic nitrogens is 1. The third-order valence-corrected chi connectivity index (χ3v) is 3.65. The lowest BCUT2D eigenvalue weighted by Gasteiger charge is -2.25. The minimum Gasteiger partial charge on any atom is -0.369 e. The van der Waals surface area contributed by atoms with E-state index in [4.69, 9.17) is 5.73 Å². The van der Waals surface area contributed by atoms with Crippen molar-refractivity contribution in [2.75, 3.05) is 11.4 Å². The Morgan fingerprint density at radius 3 is 2.60 bits per heavy atom. The fourth-order valence-electron chi connectivity index (χ4n) is 2.22. The largest absolute Gasteiger partial charge is 0.369 e.